The lowest BCUT2D eigenvalue weighted by Crippen LogP contribution is -2.06. The fourth-order valence-electron chi connectivity index (χ4n) is 3.22. The first-order chi connectivity index (χ1) is 11.7. The molecule has 128 valence electrons. The number of ketones is 1. The monoisotopic (exact) mass is 322 g/mol. The summed E-state index contributed by atoms with van der Waals surface area (Å²) >= 11 is 0. The van der Waals surface area contributed by atoms with E-state index in [1.165, 1.54) is 44.1 Å². The van der Waals surface area contributed by atoms with Crippen LogP contribution >= 0.6 is 0 Å². The smallest absolute Gasteiger partial charge is 0.193 e. The molecule has 2 rings (SSSR count). The molecule has 0 aliphatic rings. The van der Waals surface area contributed by atoms with Crippen LogP contribution in [0.1, 0.15) is 73.9 Å². The minimum Gasteiger partial charge on any atom is -0.289 e. The molecule has 0 N–H and O–H groups in total. The zero-order valence-corrected chi connectivity index (χ0v) is 15.1. The van der Waals surface area contributed by atoms with Crippen molar-refractivity contribution in [2.24, 2.45) is 5.92 Å². The zero-order chi connectivity index (χ0) is 17.2. The molecule has 0 heterocycles. The number of hydrogen-bond acceptors (Lipinski definition) is 1. The first-order valence-electron chi connectivity index (χ1n) is 9.43. The Labute approximate surface area is 147 Å². The summed E-state index contributed by atoms with van der Waals surface area (Å²) in [5.74, 6) is 0.885. The van der Waals surface area contributed by atoms with Crippen LogP contribution in [0.3, 0.4) is 0 Å². The highest BCUT2D eigenvalue weighted by molar-refractivity contribution is 6.08. The average Bonchev–Trinajstić information content (AvgIpc) is 2.64. The first kappa shape index (κ1) is 18.4. The van der Waals surface area contributed by atoms with Crippen molar-refractivity contribution in [3.8, 4) is 0 Å². The molecule has 1 nitrogen and oxygen atoms in total. The Kier molecular flexibility index (Phi) is 7.74. The van der Waals surface area contributed by atoms with Crippen LogP contribution in [-0.2, 0) is 6.42 Å². The summed E-state index contributed by atoms with van der Waals surface area (Å²) in [5.41, 5.74) is 2.90. The number of carbonyl (C=O) groups excluding carboxylic acids is 1. The number of rotatable bonds is 10. The van der Waals surface area contributed by atoms with E-state index in [0.29, 0.717) is 0 Å². The summed E-state index contributed by atoms with van der Waals surface area (Å²) < 4.78 is 0. The van der Waals surface area contributed by atoms with E-state index >= 15 is 0 Å². The molecule has 24 heavy (non-hydrogen) atoms. The molecule has 0 unspecified atom stereocenters. The number of carbonyl (C=O) groups is 1. The molecule has 0 radical (unpaired) electrons. The summed E-state index contributed by atoms with van der Waals surface area (Å²) in [6, 6.07) is 17.8. The second-order valence-electron chi connectivity index (χ2n) is 6.75. The highest BCUT2D eigenvalue weighted by Crippen LogP contribution is 2.22. The van der Waals surface area contributed by atoms with Gasteiger partial charge in [-0.15, -0.1) is 0 Å². The summed E-state index contributed by atoms with van der Waals surface area (Å²) in [6.07, 6.45) is 8.96. The van der Waals surface area contributed by atoms with Crippen LogP contribution in [-0.4, -0.2) is 5.78 Å². The lowest BCUT2D eigenvalue weighted by Gasteiger charge is -2.16. The van der Waals surface area contributed by atoms with E-state index in [0.717, 1.165) is 23.5 Å². The van der Waals surface area contributed by atoms with Crippen LogP contribution in [0.5, 0.6) is 0 Å². The molecule has 0 aromatic heterocycles. The van der Waals surface area contributed by atoms with Gasteiger partial charge < -0.3 is 0 Å². The minimum absolute atomic E-state index is 0.107. The van der Waals surface area contributed by atoms with Crippen molar-refractivity contribution in [3.63, 3.8) is 0 Å². The Bertz CT molecular complexity index is 590. The van der Waals surface area contributed by atoms with Gasteiger partial charge in [-0.1, -0.05) is 107 Å². The van der Waals surface area contributed by atoms with Crippen molar-refractivity contribution < 1.29 is 4.79 Å². The van der Waals surface area contributed by atoms with Gasteiger partial charge >= 0.3 is 0 Å². The highest BCUT2D eigenvalue weighted by atomic mass is 16.1. The van der Waals surface area contributed by atoms with Crippen LogP contribution in [0.25, 0.3) is 0 Å². The lowest BCUT2D eigenvalue weighted by molar-refractivity contribution is 0.103. The molecule has 0 atom stereocenters. The SMILES string of the molecule is CCCCC(CCCC)Cc1ccc(C(=O)c2ccccc2)cc1. The van der Waals surface area contributed by atoms with E-state index in [2.05, 4.69) is 26.0 Å². The Morgan fingerprint density at radius 1 is 0.792 bits per heavy atom. The fourth-order valence-corrected chi connectivity index (χ4v) is 3.22. The largest absolute Gasteiger partial charge is 0.289 e. The molecule has 2 aromatic rings. The van der Waals surface area contributed by atoms with Crippen molar-refractivity contribution in [2.45, 2.75) is 58.8 Å². The van der Waals surface area contributed by atoms with E-state index < -0.39 is 0 Å². The van der Waals surface area contributed by atoms with Gasteiger partial charge in [-0.25, -0.2) is 0 Å². The quantitative estimate of drug-likeness (QED) is 0.459. The van der Waals surface area contributed by atoms with Crippen molar-refractivity contribution in [2.75, 3.05) is 0 Å². The normalized spacial score (nSPS) is 11.0. The van der Waals surface area contributed by atoms with Gasteiger partial charge in [-0.2, -0.15) is 0 Å². The summed E-state index contributed by atoms with van der Waals surface area (Å²) in [7, 11) is 0. The van der Waals surface area contributed by atoms with Gasteiger partial charge in [-0.05, 0) is 17.9 Å². The van der Waals surface area contributed by atoms with Gasteiger partial charge in [0.05, 0.1) is 0 Å². The molecule has 0 spiro atoms. The summed E-state index contributed by atoms with van der Waals surface area (Å²) in [5, 5.41) is 0. The van der Waals surface area contributed by atoms with Crippen LogP contribution in [0.15, 0.2) is 54.6 Å². The number of benzene rings is 2. The first-order valence-corrected chi connectivity index (χ1v) is 9.43. The zero-order valence-electron chi connectivity index (χ0n) is 15.1. The van der Waals surface area contributed by atoms with Gasteiger partial charge in [0, 0.05) is 11.1 Å². The van der Waals surface area contributed by atoms with Gasteiger partial charge in [0.15, 0.2) is 5.78 Å². The van der Waals surface area contributed by atoms with Crippen LogP contribution < -0.4 is 0 Å². The van der Waals surface area contributed by atoms with E-state index in [4.69, 9.17) is 0 Å². The van der Waals surface area contributed by atoms with Gasteiger partial charge in [0.1, 0.15) is 0 Å². The maximum Gasteiger partial charge on any atom is 0.193 e. The summed E-state index contributed by atoms with van der Waals surface area (Å²) in [6.45, 7) is 4.53. The maximum atomic E-state index is 12.5. The molecule has 0 saturated heterocycles. The van der Waals surface area contributed by atoms with Crippen LogP contribution in [0.4, 0.5) is 0 Å². The molecule has 0 aliphatic heterocycles. The van der Waals surface area contributed by atoms with E-state index in [1.807, 2.05) is 42.5 Å². The Balaban J connectivity index is 2.00. The second kappa shape index (κ2) is 10.1. The molecule has 0 aliphatic carbocycles. The van der Waals surface area contributed by atoms with Crippen molar-refractivity contribution in [1.82, 2.24) is 0 Å². The second-order valence-corrected chi connectivity index (χ2v) is 6.75. The van der Waals surface area contributed by atoms with Gasteiger partial charge in [-0.3, -0.25) is 4.79 Å². The van der Waals surface area contributed by atoms with Crippen molar-refractivity contribution >= 4 is 5.78 Å². The predicted molar refractivity (Wildman–Crippen MR) is 103 cm³/mol. The number of unbranched alkanes of at least 4 members (excludes halogenated alkanes) is 2. The van der Waals surface area contributed by atoms with E-state index in [9.17, 15) is 4.79 Å². The van der Waals surface area contributed by atoms with E-state index in [-0.39, 0.29) is 5.78 Å². The fraction of sp³-hybridized carbons (Fsp3) is 0.435. The van der Waals surface area contributed by atoms with Gasteiger partial charge in [0.25, 0.3) is 0 Å². The summed E-state index contributed by atoms with van der Waals surface area (Å²) in [4.78, 5) is 12.5. The van der Waals surface area contributed by atoms with Crippen LogP contribution in [0.2, 0.25) is 0 Å². The van der Waals surface area contributed by atoms with Crippen molar-refractivity contribution in [3.05, 3.63) is 71.3 Å². The standard InChI is InChI=1S/C23H30O/c1-3-5-10-19(11-6-4-2)18-20-14-16-22(17-15-20)23(24)21-12-8-7-9-13-21/h7-9,12-17,19H,3-6,10-11,18H2,1-2H3. The lowest BCUT2D eigenvalue weighted by atomic mass is 9.89. The third kappa shape index (κ3) is 5.63. The molecule has 0 amide bonds. The third-order valence-electron chi connectivity index (χ3n) is 4.71. The third-order valence-corrected chi connectivity index (χ3v) is 4.71. The molecular formula is C23H30O. The molecule has 0 bridgehead atoms. The predicted octanol–water partition coefficient (Wildman–Crippen LogP) is 6.46. The Hall–Kier alpha value is -1.89. The van der Waals surface area contributed by atoms with Gasteiger partial charge in [0.2, 0.25) is 0 Å². The molecule has 2 aromatic carbocycles. The Morgan fingerprint density at radius 3 is 1.88 bits per heavy atom. The van der Waals surface area contributed by atoms with Crippen molar-refractivity contribution in [1.29, 1.82) is 0 Å². The minimum atomic E-state index is 0.107. The Morgan fingerprint density at radius 2 is 1.33 bits per heavy atom. The van der Waals surface area contributed by atoms with E-state index in [1.54, 1.807) is 0 Å². The topological polar surface area (TPSA) is 17.1 Å². The molecule has 1 heteroatoms. The maximum absolute atomic E-state index is 12.5. The molecular weight excluding hydrogens is 292 g/mol. The highest BCUT2D eigenvalue weighted by Gasteiger charge is 2.11. The number of hydrogen-bond donors (Lipinski definition) is 0. The molecule has 0 saturated carbocycles. The molecule has 0 fully saturated rings. The average molecular weight is 322 g/mol. The van der Waals surface area contributed by atoms with Crippen LogP contribution in [0, 0.1) is 5.92 Å².